The molecule has 1 aliphatic heterocycles. The maximum Gasteiger partial charge on any atom is 0.337 e. The van der Waals surface area contributed by atoms with Crippen LogP contribution in [0, 0.1) is 6.92 Å². The number of aromatic nitrogens is 3. The molecule has 1 aromatic carbocycles. The Morgan fingerprint density at radius 3 is 2.79 bits per heavy atom. The number of hydrogen-bond acceptors (Lipinski definition) is 6. The first-order chi connectivity index (χ1) is 13.4. The number of nitrogens with zero attached hydrogens (tertiary/aromatic N) is 3. The average molecular weight is 401 g/mol. The van der Waals surface area contributed by atoms with Crippen molar-refractivity contribution < 1.29 is 14.3 Å². The van der Waals surface area contributed by atoms with Gasteiger partial charge >= 0.3 is 12.0 Å². The van der Waals surface area contributed by atoms with Gasteiger partial charge in [-0.3, -0.25) is 0 Å². The van der Waals surface area contributed by atoms with Crippen LogP contribution in [0.4, 0.5) is 4.79 Å². The van der Waals surface area contributed by atoms with E-state index in [1.807, 2.05) is 42.8 Å². The van der Waals surface area contributed by atoms with Crippen LogP contribution in [0.5, 0.6) is 0 Å². The number of ether oxygens (including phenoxy) is 1. The highest BCUT2D eigenvalue weighted by atomic mass is 32.2. The number of hydrogen-bond donors (Lipinski definition) is 2. The molecule has 0 bridgehead atoms. The van der Waals surface area contributed by atoms with Gasteiger partial charge in [0.25, 0.3) is 0 Å². The molecular weight excluding hydrogens is 378 g/mol. The van der Waals surface area contributed by atoms with Gasteiger partial charge in [0, 0.05) is 24.1 Å². The molecule has 9 heteroatoms. The van der Waals surface area contributed by atoms with Crippen molar-refractivity contribution in [1.82, 2.24) is 25.4 Å². The van der Waals surface area contributed by atoms with Crippen LogP contribution in [-0.2, 0) is 16.6 Å². The maximum atomic E-state index is 12.3. The second kappa shape index (κ2) is 8.47. The van der Waals surface area contributed by atoms with Gasteiger partial charge in [0.2, 0.25) is 0 Å². The van der Waals surface area contributed by atoms with Gasteiger partial charge in [-0.25, -0.2) is 9.59 Å². The zero-order chi connectivity index (χ0) is 20.3. The van der Waals surface area contributed by atoms with Crippen LogP contribution in [0.3, 0.4) is 0 Å². The highest BCUT2D eigenvalue weighted by Gasteiger charge is 2.30. The summed E-state index contributed by atoms with van der Waals surface area (Å²) in [5.74, 6) is 0.700. The summed E-state index contributed by atoms with van der Waals surface area (Å²) in [6, 6.07) is 7.21. The minimum atomic E-state index is -0.434. The van der Waals surface area contributed by atoms with Crippen LogP contribution in [0.25, 0.3) is 11.4 Å². The quantitative estimate of drug-likeness (QED) is 0.570. The van der Waals surface area contributed by atoms with Crippen molar-refractivity contribution >= 4 is 23.8 Å². The molecule has 1 aliphatic rings. The van der Waals surface area contributed by atoms with Crippen LogP contribution < -0.4 is 10.6 Å². The van der Waals surface area contributed by atoms with Gasteiger partial charge in [0.05, 0.1) is 18.2 Å². The lowest BCUT2D eigenvalue weighted by molar-refractivity contribution is -0.138. The number of amides is 2. The minimum absolute atomic E-state index is 0.270. The van der Waals surface area contributed by atoms with E-state index >= 15 is 0 Å². The minimum Gasteiger partial charge on any atom is -0.463 e. The predicted molar refractivity (Wildman–Crippen MR) is 107 cm³/mol. The summed E-state index contributed by atoms with van der Waals surface area (Å²) in [4.78, 5) is 24.2. The van der Waals surface area contributed by atoms with Crippen molar-refractivity contribution in [3.05, 3.63) is 41.1 Å². The van der Waals surface area contributed by atoms with E-state index in [1.165, 1.54) is 11.8 Å². The highest BCUT2D eigenvalue weighted by molar-refractivity contribution is 7.99. The van der Waals surface area contributed by atoms with Crippen molar-refractivity contribution in [2.45, 2.75) is 32.0 Å². The number of carbonyl (C=O) groups excluding carboxylic acids is 2. The average Bonchev–Trinajstić information content (AvgIpc) is 3.00. The smallest absolute Gasteiger partial charge is 0.337 e. The van der Waals surface area contributed by atoms with Crippen molar-refractivity contribution in [2.75, 3.05) is 12.4 Å². The topological polar surface area (TPSA) is 98.1 Å². The van der Waals surface area contributed by atoms with Gasteiger partial charge in [-0.1, -0.05) is 36.0 Å². The zero-order valence-electron chi connectivity index (χ0n) is 16.3. The number of nitrogens with one attached hydrogen (secondary N) is 2. The Morgan fingerprint density at radius 1 is 1.32 bits per heavy atom. The van der Waals surface area contributed by atoms with E-state index in [-0.39, 0.29) is 12.6 Å². The fourth-order valence-corrected chi connectivity index (χ4v) is 3.91. The molecule has 148 valence electrons. The molecule has 1 aromatic heterocycles. The Morgan fingerprint density at radius 2 is 2.07 bits per heavy atom. The number of thioether (sulfide) groups is 1. The maximum absolute atomic E-state index is 12.3. The third-order valence-corrected chi connectivity index (χ3v) is 5.48. The summed E-state index contributed by atoms with van der Waals surface area (Å²) >= 11 is 1.40. The van der Waals surface area contributed by atoms with Gasteiger partial charge < -0.3 is 19.9 Å². The number of carbonyl (C=O) groups is 2. The van der Waals surface area contributed by atoms with E-state index in [1.54, 1.807) is 13.8 Å². The van der Waals surface area contributed by atoms with E-state index in [9.17, 15) is 9.59 Å². The second-order valence-electron chi connectivity index (χ2n) is 6.40. The SMILES string of the molecule is CCOC(=O)C1=C(CSc2nnc(-c3ccccc3C)n2C)NC(=O)N[C@@H]1C. The molecule has 0 unspecified atom stereocenters. The lowest BCUT2D eigenvalue weighted by Crippen LogP contribution is -2.49. The molecule has 2 N–H and O–H groups in total. The Balaban J connectivity index is 1.84. The van der Waals surface area contributed by atoms with E-state index in [0.717, 1.165) is 17.0 Å². The van der Waals surface area contributed by atoms with Crippen molar-refractivity contribution in [1.29, 1.82) is 0 Å². The first kappa shape index (κ1) is 19.9. The Kier molecular flexibility index (Phi) is 6.03. The van der Waals surface area contributed by atoms with Crippen LogP contribution in [-0.4, -0.2) is 45.2 Å². The predicted octanol–water partition coefficient (Wildman–Crippen LogP) is 2.40. The van der Waals surface area contributed by atoms with Gasteiger partial charge in [0.15, 0.2) is 11.0 Å². The normalized spacial score (nSPS) is 16.6. The molecule has 2 aromatic rings. The number of urea groups is 1. The summed E-state index contributed by atoms with van der Waals surface area (Å²) in [6.07, 6.45) is 0. The summed E-state index contributed by atoms with van der Waals surface area (Å²) in [7, 11) is 1.90. The first-order valence-electron chi connectivity index (χ1n) is 8.98. The van der Waals surface area contributed by atoms with Crippen molar-refractivity contribution in [3.63, 3.8) is 0 Å². The molecular formula is C19H23N5O3S. The molecule has 28 heavy (non-hydrogen) atoms. The second-order valence-corrected chi connectivity index (χ2v) is 7.34. The number of esters is 1. The molecule has 0 fully saturated rings. The fourth-order valence-electron chi connectivity index (χ4n) is 3.03. The first-order valence-corrected chi connectivity index (χ1v) is 9.96. The van der Waals surface area contributed by atoms with Crippen molar-refractivity contribution in [2.24, 2.45) is 7.05 Å². The van der Waals surface area contributed by atoms with Crippen LogP contribution in [0.2, 0.25) is 0 Å². The molecule has 3 rings (SSSR count). The van der Waals surface area contributed by atoms with Crippen LogP contribution >= 0.6 is 11.8 Å². The van der Waals surface area contributed by atoms with Gasteiger partial charge in [0.1, 0.15) is 0 Å². The number of rotatable bonds is 6. The monoisotopic (exact) mass is 401 g/mol. The summed E-state index contributed by atoms with van der Waals surface area (Å²) in [5.41, 5.74) is 3.08. The van der Waals surface area contributed by atoms with Crippen molar-refractivity contribution in [3.8, 4) is 11.4 Å². The summed E-state index contributed by atoms with van der Waals surface area (Å²) in [6.45, 7) is 5.80. The summed E-state index contributed by atoms with van der Waals surface area (Å²) in [5, 5.41) is 14.7. The fraction of sp³-hybridized carbons (Fsp3) is 0.368. The van der Waals surface area contributed by atoms with Crippen LogP contribution in [0.1, 0.15) is 19.4 Å². The van der Waals surface area contributed by atoms with E-state index < -0.39 is 12.0 Å². The van der Waals surface area contributed by atoms with Gasteiger partial charge in [-0.15, -0.1) is 10.2 Å². The third kappa shape index (κ3) is 4.04. The molecule has 8 nitrogen and oxygen atoms in total. The number of aryl methyl sites for hydroxylation is 1. The molecule has 0 saturated carbocycles. The Labute approximate surface area is 167 Å². The van der Waals surface area contributed by atoms with Crippen LogP contribution in [0.15, 0.2) is 40.7 Å². The van der Waals surface area contributed by atoms with Gasteiger partial charge in [-0.05, 0) is 26.3 Å². The van der Waals surface area contributed by atoms with Gasteiger partial charge in [-0.2, -0.15) is 0 Å². The molecule has 2 heterocycles. The molecule has 0 saturated heterocycles. The Hall–Kier alpha value is -2.81. The highest BCUT2D eigenvalue weighted by Crippen LogP contribution is 2.27. The number of benzene rings is 1. The molecule has 2 amide bonds. The zero-order valence-corrected chi connectivity index (χ0v) is 17.1. The molecule has 0 radical (unpaired) electrons. The lowest BCUT2D eigenvalue weighted by atomic mass is 10.1. The summed E-state index contributed by atoms with van der Waals surface area (Å²) < 4.78 is 7.04. The van der Waals surface area contributed by atoms with E-state index in [4.69, 9.17) is 4.74 Å². The largest absolute Gasteiger partial charge is 0.463 e. The van der Waals surface area contributed by atoms with E-state index in [2.05, 4.69) is 20.8 Å². The molecule has 0 aliphatic carbocycles. The molecule has 0 spiro atoms. The lowest BCUT2D eigenvalue weighted by Gasteiger charge is -2.26. The Bertz CT molecular complexity index is 937. The standard InChI is InChI=1S/C19H23N5O3S/c1-5-27-17(25)15-12(3)20-18(26)21-14(15)10-28-19-23-22-16(24(19)4)13-9-7-6-8-11(13)2/h6-9,12H,5,10H2,1-4H3,(H2,20,21,26)/t12-/m1/s1. The molecule has 1 atom stereocenters. The van der Waals surface area contributed by atoms with E-state index in [0.29, 0.717) is 22.2 Å². The third-order valence-electron chi connectivity index (χ3n) is 4.43.